The van der Waals surface area contributed by atoms with Crippen LogP contribution in [-0.4, -0.2) is 76.9 Å². The Bertz CT molecular complexity index is 1160. The van der Waals surface area contributed by atoms with Crippen molar-refractivity contribution in [3.8, 4) is 22.8 Å². The first-order chi connectivity index (χ1) is 15.5. The van der Waals surface area contributed by atoms with Crippen molar-refractivity contribution in [2.24, 2.45) is 0 Å². The van der Waals surface area contributed by atoms with E-state index in [1.807, 2.05) is 33.8 Å². The topological polar surface area (TPSA) is 72.7 Å². The fourth-order valence-electron chi connectivity index (χ4n) is 4.34. The van der Waals surface area contributed by atoms with Gasteiger partial charge in [0.1, 0.15) is 13.2 Å². The molecule has 0 spiro atoms. The molecule has 2 aliphatic rings. The van der Waals surface area contributed by atoms with Gasteiger partial charge in [-0.1, -0.05) is 0 Å². The maximum Gasteiger partial charge on any atom is 0.254 e. The van der Waals surface area contributed by atoms with Gasteiger partial charge in [0.2, 0.25) is 0 Å². The van der Waals surface area contributed by atoms with Crippen molar-refractivity contribution in [1.29, 1.82) is 0 Å². The average Bonchev–Trinajstić information content (AvgIpc) is 3.12. The zero-order chi connectivity index (χ0) is 22.2. The smallest absolute Gasteiger partial charge is 0.254 e. The van der Waals surface area contributed by atoms with Crippen LogP contribution in [0.25, 0.3) is 22.3 Å². The molecule has 0 radical (unpaired) electrons. The van der Waals surface area contributed by atoms with Gasteiger partial charge in [-0.15, -0.1) is 0 Å². The highest BCUT2D eigenvalue weighted by Crippen LogP contribution is 2.35. The Morgan fingerprint density at radius 3 is 2.66 bits per heavy atom. The molecule has 0 atom stereocenters. The van der Waals surface area contributed by atoms with E-state index in [4.69, 9.17) is 14.5 Å². The lowest BCUT2D eigenvalue weighted by Crippen LogP contribution is -2.34. The molecule has 2 aromatic heterocycles. The van der Waals surface area contributed by atoms with Gasteiger partial charge in [-0.25, -0.2) is 9.67 Å². The Morgan fingerprint density at radius 1 is 1.03 bits per heavy atom. The first-order valence-corrected chi connectivity index (χ1v) is 11.3. The molecule has 1 fully saturated rings. The van der Waals surface area contributed by atoms with Gasteiger partial charge in [0.05, 0.1) is 22.8 Å². The van der Waals surface area contributed by atoms with Gasteiger partial charge in [-0.2, -0.15) is 5.10 Å². The molecule has 8 heteroatoms. The summed E-state index contributed by atoms with van der Waals surface area (Å²) in [5.41, 5.74) is 2.99. The minimum Gasteiger partial charge on any atom is -0.486 e. The summed E-state index contributed by atoms with van der Waals surface area (Å²) in [6.45, 7) is 8.56. The first kappa shape index (κ1) is 20.8. The molecule has 168 valence electrons. The van der Waals surface area contributed by atoms with Gasteiger partial charge in [0.15, 0.2) is 17.1 Å². The van der Waals surface area contributed by atoms with Crippen LogP contribution in [0.5, 0.6) is 11.5 Å². The van der Waals surface area contributed by atoms with Crippen LogP contribution < -0.4 is 9.47 Å². The van der Waals surface area contributed by atoms with Crippen LogP contribution >= 0.6 is 0 Å². The number of rotatable bonds is 3. The van der Waals surface area contributed by atoms with E-state index in [9.17, 15) is 4.79 Å². The lowest BCUT2D eigenvalue weighted by molar-refractivity contribution is 0.0764. The van der Waals surface area contributed by atoms with Crippen LogP contribution in [0, 0.1) is 0 Å². The third-order valence-electron chi connectivity index (χ3n) is 6.13. The summed E-state index contributed by atoms with van der Waals surface area (Å²) in [6.07, 6.45) is 2.74. The predicted molar refractivity (Wildman–Crippen MR) is 122 cm³/mol. The zero-order valence-electron chi connectivity index (χ0n) is 18.9. The first-order valence-electron chi connectivity index (χ1n) is 11.3. The van der Waals surface area contributed by atoms with Crippen LogP contribution in [0.4, 0.5) is 0 Å². The second kappa shape index (κ2) is 8.43. The molecule has 0 aliphatic carbocycles. The van der Waals surface area contributed by atoms with Gasteiger partial charge >= 0.3 is 0 Å². The van der Waals surface area contributed by atoms with Gasteiger partial charge in [0, 0.05) is 31.2 Å². The lowest BCUT2D eigenvalue weighted by Gasteiger charge is -2.22. The Kier molecular flexibility index (Phi) is 5.46. The molecule has 0 unspecified atom stereocenters. The van der Waals surface area contributed by atoms with Crippen molar-refractivity contribution in [2.45, 2.75) is 26.3 Å². The normalized spacial score (nSPS) is 17.1. The lowest BCUT2D eigenvalue weighted by atomic mass is 10.0. The minimum absolute atomic E-state index is 0.0369. The maximum atomic E-state index is 13.7. The van der Waals surface area contributed by atoms with Crippen LogP contribution in [-0.2, 0) is 0 Å². The van der Waals surface area contributed by atoms with Crippen molar-refractivity contribution in [1.82, 2.24) is 24.6 Å². The Balaban J connectivity index is 1.61. The van der Waals surface area contributed by atoms with E-state index < -0.39 is 0 Å². The van der Waals surface area contributed by atoms with E-state index in [2.05, 4.69) is 30.9 Å². The van der Waals surface area contributed by atoms with Crippen LogP contribution in [0.2, 0.25) is 0 Å². The van der Waals surface area contributed by atoms with E-state index in [0.717, 1.165) is 60.6 Å². The van der Waals surface area contributed by atoms with E-state index in [1.54, 1.807) is 6.20 Å². The molecule has 4 heterocycles. The SMILES string of the molecule is CC(C)n1ncc2c(C(=O)N3CCCN(C)CC3)cc(-c3ccc4c(c3)OCCO4)nc21. The number of ether oxygens (including phenoxy) is 2. The Labute approximate surface area is 187 Å². The van der Waals surface area contributed by atoms with Crippen molar-refractivity contribution in [3.05, 3.63) is 36.0 Å². The summed E-state index contributed by atoms with van der Waals surface area (Å²) >= 11 is 0. The third kappa shape index (κ3) is 3.79. The number of amides is 1. The molecule has 0 saturated carbocycles. The summed E-state index contributed by atoms with van der Waals surface area (Å²) in [4.78, 5) is 22.8. The van der Waals surface area contributed by atoms with Crippen LogP contribution in [0.3, 0.4) is 0 Å². The second-order valence-corrected chi connectivity index (χ2v) is 8.78. The van der Waals surface area contributed by atoms with E-state index in [1.165, 1.54) is 0 Å². The number of carbonyl (C=O) groups is 1. The zero-order valence-corrected chi connectivity index (χ0v) is 18.9. The molecular weight excluding hydrogens is 406 g/mol. The summed E-state index contributed by atoms with van der Waals surface area (Å²) in [5, 5.41) is 5.34. The van der Waals surface area contributed by atoms with Gasteiger partial charge in [-0.05, 0) is 58.1 Å². The second-order valence-electron chi connectivity index (χ2n) is 8.78. The van der Waals surface area contributed by atoms with Gasteiger partial charge < -0.3 is 19.3 Å². The van der Waals surface area contributed by atoms with Crippen molar-refractivity contribution >= 4 is 16.9 Å². The summed E-state index contributed by atoms with van der Waals surface area (Å²) in [5.74, 6) is 1.48. The molecule has 2 aliphatic heterocycles. The average molecular weight is 436 g/mol. The molecule has 1 amide bonds. The molecule has 1 aromatic carbocycles. The molecule has 0 N–H and O–H groups in total. The number of hydrogen-bond acceptors (Lipinski definition) is 6. The fraction of sp³-hybridized carbons (Fsp3) is 0.458. The number of fused-ring (bicyclic) bond motifs is 2. The highest BCUT2D eigenvalue weighted by Gasteiger charge is 2.24. The molecule has 5 rings (SSSR count). The maximum absolute atomic E-state index is 13.7. The number of carbonyl (C=O) groups excluding carboxylic acids is 1. The molecule has 3 aromatic rings. The highest BCUT2D eigenvalue weighted by molar-refractivity contribution is 6.06. The van der Waals surface area contributed by atoms with Crippen LogP contribution in [0.1, 0.15) is 36.7 Å². The quantitative estimate of drug-likeness (QED) is 0.629. The Hall–Kier alpha value is -3.13. The van der Waals surface area contributed by atoms with Gasteiger partial charge in [-0.3, -0.25) is 4.79 Å². The van der Waals surface area contributed by atoms with Crippen LogP contribution in [0.15, 0.2) is 30.5 Å². The van der Waals surface area contributed by atoms with Crippen molar-refractivity contribution in [3.63, 3.8) is 0 Å². The number of likely N-dealkylation sites (N-methyl/N-ethyl adjacent to an activating group) is 1. The van der Waals surface area contributed by atoms with E-state index >= 15 is 0 Å². The largest absolute Gasteiger partial charge is 0.486 e. The third-order valence-corrected chi connectivity index (χ3v) is 6.13. The minimum atomic E-state index is 0.0369. The standard InChI is InChI=1S/C24H29N5O3/c1-16(2)29-23-19(15-25-29)18(24(30)28-8-4-7-27(3)9-10-28)14-20(26-23)17-5-6-21-22(13-17)32-12-11-31-21/h5-6,13-16H,4,7-12H2,1-3H3. The number of pyridine rings is 1. The van der Waals surface area contributed by atoms with Crippen molar-refractivity contribution < 1.29 is 14.3 Å². The van der Waals surface area contributed by atoms with E-state index in [-0.39, 0.29) is 11.9 Å². The molecule has 1 saturated heterocycles. The van der Waals surface area contributed by atoms with Crippen molar-refractivity contribution in [2.75, 3.05) is 46.4 Å². The summed E-state index contributed by atoms with van der Waals surface area (Å²) in [6, 6.07) is 7.84. The predicted octanol–water partition coefficient (Wildman–Crippen LogP) is 3.23. The molecule has 32 heavy (non-hydrogen) atoms. The summed E-state index contributed by atoms with van der Waals surface area (Å²) in [7, 11) is 2.10. The molecule has 8 nitrogen and oxygen atoms in total. The number of hydrogen-bond donors (Lipinski definition) is 0. The van der Waals surface area contributed by atoms with E-state index in [0.29, 0.717) is 24.5 Å². The number of nitrogens with zero attached hydrogens (tertiary/aromatic N) is 5. The fourth-order valence-corrected chi connectivity index (χ4v) is 4.34. The number of aromatic nitrogens is 3. The highest BCUT2D eigenvalue weighted by atomic mass is 16.6. The van der Waals surface area contributed by atoms with Gasteiger partial charge in [0.25, 0.3) is 5.91 Å². The number of benzene rings is 1. The monoisotopic (exact) mass is 435 g/mol. The molecular formula is C24H29N5O3. The summed E-state index contributed by atoms with van der Waals surface area (Å²) < 4.78 is 13.3. The Morgan fingerprint density at radius 2 is 1.84 bits per heavy atom. The molecule has 0 bridgehead atoms.